The topological polar surface area (TPSA) is 51.0 Å². The van der Waals surface area contributed by atoms with Crippen LogP contribution in [0.5, 0.6) is 0 Å². The maximum Gasteiger partial charge on any atom is 0.274 e. The van der Waals surface area contributed by atoms with Crippen LogP contribution >= 0.6 is 11.6 Å². The van der Waals surface area contributed by atoms with Gasteiger partial charge in [0.2, 0.25) is 0 Å². The number of carbonyl (C=O) groups is 1. The number of halogens is 1. The van der Waals surface area contributed by atoms with Crippen molar-refractivity contribution in [3.63, 3.8) is 0 Å². The molecule has 3 heterocycles. The molecule has 2 aromatic heterocycles. The lowest BCUT2D eigenvalue weighted by Gasteiger charge is -2.32. The highest BCUT2D eigenvalue weighted by atomic mass is 35.5. The summed E-state index contributed by atoms with van der Waals surface area (Å²) >= 11 is 5.97. The van der Waals surface area contributed by atoms with Crippen molar-refractivity contribution in [2.24, 2.45) is 7.05 Å². The molecule has 0 bridgehead atoms. The maximum absolute atomic E-state index is 12.7. The number of pyridine rings is 1. The van der Waals surface area contributed by atoms with E-state index in [1.165, 1.54) is 5.56 Å². The number of carbonyl (C=O) groups excluding carboxylic acids is 1. The molecule has 0 unspecified atom stereocenters. The zero-order valence-corrected chi connectivity index (χ0v) is 16.6. The van der Waals surface area contributed by atoms with E-state index in [1.807, 2.05) is 36.2 Å². The quantitative estimate of drug-likeness (QED) is 0.670. The van der Waals surface area contributed by atoms with Crippen LogP contribution in [0.3, 0.4) is 0 Å². The average Bonchev–Trinajstić information content (AvgIpc) is 3.16. The number of likely N-dealkylation sites (tertiary alicyclic amines) is 1. The fraction of sp³-hybridized carbons (Fsp3) is 0.318. The van der Waals surface area contributed by atoms with Gasteiger partial charge < -0.3 is 4.90 Å². The average molecular weight is 395 g/mol. The van der Waals surface area contributed by atoms with Crippen molar-refractivity contribution in [2.45, 2.75) is 25.2 Å². The van der Waals surface area contributed by atoms with Gasteiger partial charge in [-0.1, -0.05) is 29.8 Å². The summed E-state index contributed by atoms with van der Waals surface area (Å²) in [6, 6.07) is 15.8. The van der Waals surface area contributed by atoms with Crippen LogP contribution in [0.1, 0.15) is 46.2 Å². The van der Waals surface area contributed by atoms with E-state index in [0.29, 0.717) is 12.2 Å². The lowest BCUT2D eigenvalue weighted by molar-refractivity contribution is 0.0699. The minimum absolute atomic E-state index is 0.00242. The van der Waals surface area contributed by atoms with Gasteiger partial charge in [0.15, 0.2) is 0 Å². The van der Waals surface area contributed by atoms with Gasteiger partial charge in [0.25, 0.3) is 5.91 Å². The molecule has 6 heteroatoms. The SMILES string of the molecule is Cn1ccc(C(=O)N2CCC[C@H](c3cccc(Cc4ccc(Cl)cc4)n3)C2)n1. The van der Waals surface area contributed by atoms with Gasteiger partial charge in [-0.3, -0.25) is 14.5 Å². The summed E-state index contributed by atoms with van der Waals surface area (Å²) in [4.78, 5) is 19.5. The van der Waals surface area contributed by atoms with Crippen LogP contribution in [-0.2, 0) is 13.5 Å². The predicted molar refractivity (Wildman–Crippen MR) is 110 cm³/mol. The normalized spacial score (nSPS) is 16.9. The molecule has 1 saturated heterocycles. The third-order valence-corrected chi connectivity index (χ3v) is 5.44. The molecule has 28 heavy (non-hydrogen) atoms. The molecular formula is C22H23ClN4O. The summed E-state index contributed by atoms with van der Waals surface area (Å²) in [5.74, 6) is 0.259. The number of aromatic nitrogens is 3. The number of nitrogens with zero attached hydrogens (tertiary/aromatic N) is 4. The Morgan fingerprint density at radius 2 is 2.00 bits per heavy atom. The third kappa shape index (κ3) is 4.25. The summed E-state index contributed by atoms with van der Waals surface area (Å²) in [7, 11) is 1.83. The van der Waals surface area contributed by atoms with E-state index >= 15 is 0 Å². The first-order valence-corrected chi connectivity index (χ1v) is 9.95. The Bertz CT molecular complexity index is 967. The van der Waals surface area contributed by atoms with E-state index in [2.05, 4.69) is 23.3 Å². The fourth-order valence-electron chi connectivity index (χ4n) is 3.73. The molecule has 0 aliphatic carbocycles. The van der Waals surface area contributed by atoms with Gasteiger partial charge in [-0.15, -0.1) is 0 Å². The third-order valence-electron chi connectivity index (χ3n) is 5.19. The molecule has 0 radical (unpaired) electrons. The second-order valence-electron chi connectivity index (χ2n) is 7.32. The van der Waals surface area contributed by atoms with Crippen LogP contribution in [0.25, 0.3) is 0 Å². The molecule has 4 rings (SSSR count). The molecule has 1 aliphatic heterocycles. The number of piperidine rings is 1. The Labute approximate surface area is 170 Å². The molecule has 5 nitrogen and oxygen atoms in total. The van der Waals surface area contributed by atoms with Crippen LogP contribution in [0.4, 0.5) is 0 Å². The van der Waals surface area contributed by atoms with Gasteiger partial charge in [-0.2, -0.15) is 5.10 Å². The van der Waals surface area contributed by atoms with E-state index < -0.39 is 0 Å². The first-order valence-electron chi connectivity index (χ1n) is 9.58. The van der Waals surface area contributed by atoms with Crippen molar-refractivity contribution >= 4 is 17.5 Å². The molecule has 1 aromatic carbocycles. The summed E-state index contributed by atoms with van der Waals surface area (Å²) in [6.07, 6.45) is 4.60. The second kappa shape index (κ2) is 8.15. The summed E-state index contributed by atoms with van der Waals surface area (Å²) in [5, 5.41) is 4.99. The number of aryl methyl sites for hydroxylation is 1. The van der Waals surface area contributed by atoms with Crippen molar-refractivity contribution in [3.05, 3.63) is 82.4 Å². The van der Waals surface area contributed by atoms with Crippen LogP contribution in [0.2, 0.25) is 5.02 Å². The minimum Gasteiger partial charge on any atom is -0.337 e. The number of hydrogen-bond donors (Lipinski definition) is 0. The second-order valence-corrected chi connectivity index (χ2v) is 7.76. The van der Waals surface area contributed by atoms with Gasteiger partial charge in [0.1, 0.15) is 5.69 Å². The molecule has 1 amide bonds. The largest absolute Gasteiger partial charge is 0.337 e. The van der Waals surface area contributed by atoms with Crippen LogP contribution in [0, 0.1) is 0 Å². The molecule has 0 spiro atoms. The Morgan fingerprint density at radius 1 is 1.18 bits per heavy atom. The van der Waals surface area contributed by atoms with Gasteiger partial charge in [0.05, 0.1) is 0 Å². The molecule has 0 N–H and O–H groups in total. The van der Waals surface area contributed by atoms with E-state index in [1.54, 1.807) is 16.9 Å². The van der Waals surface area contributed by atoms with Crippen LogP contribution in [0.15, 0.2) is 54.7 Å². The molecule has 144 valence electrons. The van der Waals surface area contributed by atoms with Gasteiger partial charge in [-0.05, 0) is 48.7 Å². The molecular weight excluding hydrogens is 372 g/mol. The maximum atomic E-state index is 12.7. The summed E-state index contributed by atoms with van der Waals surface area (Å²) < 4.78 is 1.66. The lowest BCUT2D eigenvalue weighted by atomic mass is 9.93. The van der Waals surface area contributed by atoms with Gasteiger partial charge >= 0.3 is 0 Å². The molecule has 1 atom stereocenters. The Morgan fingerprint density at radius 3 is 2.75 bits per heavy atom. The highest BCUT2D eigenvalue weighted by Crippen LogP contribution is 2.27. The summed E-state index contributed by atoms with van der Waals surface area (Å²) in [6.45, 7) is 1.46. The van der Waals surface area contributed by atoms with E-state index in [4.69, 9.17) is 16.6 Å². The van der Waals surface area contributed by atoms with E-state index in [0.717, 1.165) is 42.2 Å². The van der Waals surface area contributed by atoms with Crippen molar-refractivity contribution < 1.29 is 4.79 Å². The van der Waals surface area contributed by atoms with Crippen molar-refractivity contribution in [2.75, 3.05) is 13.1 Å². The van der Waals surface area contributed by atoms with E-state index in [-0.39, 0.29) is 11.8 Å². The lowest BCUT2D eigenvalue weighted by Crippen LogP contribution is -2.39. The zero-order chi connectivity index (χ0) is 19.5. The molecule has 1 fully saturated rings. The van der Waals surface area contributed by atoms with Crippen LogP contribution < -0.4 is 0 Å². The number of benzene rings is 1. The van der Waals surface area contributed by atoms with Gasteiger partial charge in [0, 0.05) is 55.1 Å². The standard InChI is InChI=1S/C22H23ClN4O/c1-26-13-11-21(25-26)22(28)27-12-3-4-17(15-27)20-6-2-5-19(24-20)14-16-7-9-18(23)10-8-16/h2,5-11,13,17H,3-4,12,14-15H2,1H3/t17-/m0/s1. The Kier molecular flexibility index (Phi) is 5.44. The highest BCUT2D eigenvalue weighted by Gasteiger charge is 2.27. The Balaban J connectivity index is 1.47. The van der Waals surface area contributed by atoms with E-state index in [9.17, 15) is 4.79 Å². The van der Waals surface area contributed by atoms with Gasteiger partial charge in [-0.25, -0.2) is 0 Å². The van der Waals surface area contributed by atoms with Crippen molar-refractivity contribution in [1.82, 2.24) is 19.7 Å². The first-order chi connectivity index (χ1) is 13.6. The molecule has 3 aromatic rings. The highest BCUT2D eigenvalue weighted by molar-refractivity contribution is 6.30. The number of hydrogen-bond acceptors (Lipinski definition) is 3. The smallest absolute Gasteiger partial charge is 0.274 e. The predicted octanol–water partition coefficient (Wildman–Crippen LogP) is 4.08. The zero-order valence-electron chi connectivity index (χ0n) is 15.9. The minimum atomic E-state index is 0.00242. The number of amides is 1. The summed E-state index contributed by atoms with van der Waals surface area (Å²) in [5.41, 5.74) is 3.79. The molecule has 0 saturated carbocycles. The van der Waals surface area contributed by atoms with Crippen molar-refractivity contribution in [1.29, 1.82) is 0 Å². The fourth-order valence-corrected chi connectivity index (χ4v) is 3.86. The van der Waals surface area contributed by atoms with Crippen LogP contribution in [-0.4, -0.2) is 38.7 Å². The molecule has 1 aliphatic rings. The number of rotatable bonds is 4. The monoisotopic (exact) mass is 394 g/mol. The Hall–Kier alpha value is -2.66. The van der Waals surface area contributed by atoms with Crippen molar-refractivity contribution in [3.8, 4) is 0 Å². The first kappa shape index (κ1) is 18.7.